The molecule has 6 heteroatoms. The maximum Gasteiger partial charge on any atom is 0.248 e. The predicted molar refractivity (Wildman–Crippen MR) is 166 cm³/mol. The van der Waals surface area contributed by atoms with Crippen LogP contribution in [0, 0.1) is 10.8 Å². The van der Waals surface area contributed by atoms with Crippen LogP contribution in [0.25, 0.3) is 0 Å². The van der Waals surface area contributed by atoms with Gasteiger partial charge in [0, 0.05) is 35.6 Å². The Hall–Kier alpha value is -2.18. The van der Waals surface area contributed by atoms with Crippen LogP contribution in [0.4, 0.5) is 0 Å². The molecule has 4 rings (SSSR count). The summed E-state index contributed by atoms with van der Waals surface area (Å²) in [7, 11) is 0. The fraction of sp³-hybridized carbons (Fsp3) is 0.706. The summed E-state index contributed by atoms with van der Waals surface area (Å²) in [5.74, 6) is 0. The molecule has 2 aliphatic carbocycles. The van der Waals surface area contributed by atoms with Gasteiger partial charge in [-0.25, -0.2) is 0 Å². The summed E-state index contributed by atoms with van der Waals surface area (Å²) >= 11 is 0. The molecule has 2 atom stereocenters. The average molecular weight is 551 g/mol. The molecular weight excluding hydrogens is 496 g/mol. The summed E-state index contributed by atoms with van der Waals surface area (Å²) in [6.45, 7) is 11.3. The number of pyridine rings is 2. The highest BCUT2D eigenvalue weighted by Gasteiger charge is 2.33. The molecule has 0 aromatic carbocycles. The molecule has 0 bridgehead atoms. The maximum absolute atomic E-state index is 11.8. The Morgan fingerprint density at radius 3 is 1.32 bits per heavy atom. The molecule has 0 amide bonds. The van der Waals surface area contributed by atoms with Crippen LogP contribution >= 0.6 is 0 Å². The van der Waals surface area contributed by atoms with Crippen LogP contribution in [0.3, 0.4) is 0 Å². The number of aromatic nitrogens is 2. The zero-order chi connectivity index (χ0) is 28.6. The number of nitrogens with one attached hydrogen (secondary N) is 4. The third-order valence-electron chi connectivity index (χ3n) is 9.03. The molecule has 2 heterocycles. The van der Waals surface area contributed by atoms with Crippen LogP contribution in [0.1, 0.15) is 139 Å². The normalized spacial score (nSPS) is 21.1. The van der Waals surface area contributed by atoms with Crippen LogP contribution in [0.5, 0.6) is 0 Å². The highest BCUT2D eigenvalue weighted by atomic mass is 16.1. The SMILES string of the molecule is CC1(C)Cc2[nH]c(=O)ccc2[C@@H](NCCCCCCCCCCCCN[C@@H]2CC(C)(C)Cc3[nH]c(=O)ccc32)C1. The lowest BCUT2D eigenvalue weighted by Crippen LogP contribution is -2.35. The minimum Gasteiger partial charge on any atom is -0.326 e. The number of aromatic amines is 2. The molecule has 222 valence electrons. The Labute approximate surface area is 241 Å². The fourth-order valence-electron chi connectivity index (χ4n) is 7.01. The fourth-order valence-corrected chi connectivity index (χ4v) is 7.01. The summed E-state index contributed by atoms with van der Waals surface area (Å²) < 4.78 is 0. The van der Waals surface area contributed by atoms with Crippen molar-refractivity contribution in [2.24, 2.45) is 10.8 Å². The van der Waals surface area contributed by atoms with Crippen molar-refractivity contribution in [1.82, 2.24) is 20.6 Å². The number of fused-ring (bicyclic) bond motifs is 2. The summed E-state index contributed by atoms with van der Waals surface area (Å²) in [6.07, 6.45) is 17.2. The zero-order valence-electron chi connectivity index (χ0n) is 25.6. The minimum atomic E-state index is 0.0120. The number of hydrogen-bond acceptors (Lipinski definition) is 4. The summed E-state index contributed by atoms with van der Waals surface area (Å²) in [6, 6.07) is 8.09. The van der Waals surface area contributed by atoms with Crippen LogP contribution in [-0.4, -0.2) is 23.1 Å². The lowest BCUT2D eigenvalue weighted by Gasteiger charge is -2.37. The first kappa shape index (κ1) is 30.8. The van der Waals surface area contributed by atoms with E-state index in [1.165, 1.54) is 75.3 Å². The monoisotopic (exact) mass is 550 g/mol. The molecule has 0 saturated heterocycles. The van der Waals surface area contributed by atoms with Crippen molar-refractivity contribution in [3.8, 4) is 0 Å². The quantitative estimate of drug-likeness (QED) is 0.182. The van der Waals surface area contributed by atoms with Crippen molar-refractivity contribution >= 4 is 0 Å². The second-order valence-electron chi connectivity index (χ2n) is 14.2. The molecule has 0 saturated carbocycles. The average Bonchev–Trinajstić information content (AvgIpc) is 2.86. The minimum absolute atomic E-state index is 0.0120. The van der Waals surface area contributed by atoms with E-state index in [0.29, 0.717) is 12.1 Å². The molecule has 6 nitrogen and oxygen atoms in total. The van der Waals surface area contributed by atoms with Gasteiger partial charge in [-0.15, -0.1) is 0 Å². The molecule has 2 aromatic heterocycles. The number of unbranched alkanes of at least 4 members (excludes halogenated alkanes) is 9. The van der Waals surface area contributed by atoms with Crippen molar-refractivity contribution in [2.45, 2.75) is 130 Å². The van der Waals surface area contributed by atoms with E-state index in [9.17, 15) is 9.59 Å². The van der Waals surface area contributed by atoms with Crippen molar-refractivity contribution in [1.29, 1.82) is 0 Å². The molecule has 0 aliphatic heterocycles. The molecule has 0 fully saturated rings. The maximum atomic E-state index is 11.8. The largest absolute Gasteiger partial charge is 0.326 e. The van der Waals surface area contributed by atoms with Crippen LogP contribution in [-0.2, 0) is 12.8 Å². The van der Waals surface area contributed by atoms with E-state index in [1.54, 1.807) is 12.1 Å². The van der Waals surface area contributed by atoms with Crippen molar-refractivity contribution in [3.63, 3.8) is 0 Å². The van der Waals surface area contributed by atoms with Gasteiger partial charge in [0.15, 0.2) is 0 Å². The first-order valence-electron chi connectivity index (χ1n) is 16.0. The topological polar surface area (TPSA) is 89.8 Å². The second-order valence-corrected chi connectivity index (χ2v) is 14.2. The smallest absolute Gasteiger partial charge is 0.248 e. The van der Waals surface area contributed by atoms with Crippen molar-refractivity contribution in [2.75, 3.05) is 13.1 Å². The molecule has 2 aromatic rings. The Kier molecular flexibility index (Phi) is 10.9. The third-order valence-corrected chi connectivity index (χ3v) is 9.03. The molecule has 2 aliphatic rings. The molecule has 0 radical (unpaired) electrons. The number of hydrogen-bond donors (Lipinski definition) is 4. The molecule has 4 N–H and O–H groups in total. The highest BCUT2D eigenvalue weighted by molar-refractivity contribution is 5.29. The van der Waals surface area contributed by atoms with Crippen molar-refractivity contribution < 1.29 is 0 Å². The Bertz CT molecular complexity index is 1100. The molecular formula is C34H54N4O2. The van der Waals surface area contributed by atoms with Crippen molar-refractivity contribution in [3.05, 3.63) is 67.5 Å². The van der Waals surface area contributed by atoms with Gasteiger partial charge in [-0.05, 0) is 73.6 Å². The van der Waals surface area contributed by atoms with Gasteiger partial charge in [-0.2, -0.15) is 0 Å². The lowest BCUT2D eigenvalue weighted by atomic mass is 9.74. The summed E-state index contributed by atoms with van der Waals surface area (Å²) in [5.41, 5.74) is 5.27. The Morgan fingerprint density at radius 1 is 0.600 bits per heavy atom. The zero-order valence-corrected chi connectivity index (χ0v) is 25.6. The van der Waals surface area contributed by atoms with Gasteiger partial charge in [0.05, 0.1) is 0 Å². The number of H-pyrrole nitrogens is 2. The second kappa shape index (κ2) is 14.1. The molecule has 0 unspecified atom stereocenters. The predicted octanol–water partition coefficient (Wildman–Crippen LogP) is 6.87. The van der Waals surface area contributed by atoms with Gasteiger partial charge in [0.1, 0.15) is 0 Å². The van der Waals surface area contributed by atoms with E-state index in [2.05, 4.69) is 48.3 Å². The number of rotatable bonds is 15. The van der Waals surface area contributed by atoms with Gasteiger partial charge >= 0.3 is 0 Å². The molecule has 40 heavy (non-hydrogen) atoms. The van der Waals surface area contributed by atoms with Crippen LogP contribution in [0.15, 0.2) is 33.9 Å². The van der Waals surface area contributed by atoms with Crippen LogP contribution in [0.2, 0.25) is 0 Å². The van der Waals surface area contributed by atoms with E-state index < -0.39 is 0 Å². The van der Waals surface area contributed by atoms with Gasteiger partial charge < -0.3 is 20.6 Å². The summed E-state index contributed by atoms with van der Waals surface area (Å²) in [5, 5.41) is 7.56. The standard InChI is InChI=1S/C34H54N4O2/c1-33(2)21-27(25-15-17-31(39)37-29(25)23-33)35-19-13-11-9-7-5-6-8-10-12-14-20-36-28-22-34(3,4)24-30-26(28)16-18-32(40)38-30/h15-18,27-28,35-36H,5-14,19-24H2,1-4H3,(H,37,39)(H,38,40)/t27-,28+. The van der Waals surface area contributed by atoms with Gasteiger partial charge in [0.25, 0.3) is 0 Å². The van der Waals surface area contributed by atoms with E-state index in [-0.39, 0.29) is 21.9 Å². The summed E-state index contributed by atoms with van der Waals surface area (Å²) in [4.78, 5) is 29.7. The highest BCUT2D eigenvalue weighted by Crippen LogP contribution is 2.40. The Morgan fingerprint density at radius 2 is 0.950 bits per heavy atom. The van der Waals surface area contributed by atoms with E-state index in [0.717, 1.165) is 50.2 Å². The van der Waals surface area contributed by atoms with E-state index in [1.807, 2.05) is 12.1 Å². The first-order chi connectivity index (χ1) is 19.1. The van der Waals surface area contributed by atoms with E-state index in [4.69, 9.17) is 0 Å². The van der Waals surface area contributed by atoms with Crippen LogP contribution < -0.4 is 21.8 Å². The van der Waals surface area contributed by atoms with Gasteiger partial charge in [-0.3, -0.25) is 9.59 Å². The lowest BCUT2D eigenvalue weighted by molar-refractivity contribution is 0.253. The Balaban J connectivity index is 1.00. The molecule has 0 spiro atoms. The third kappa shape index (κ3) is 9.17. The first-order valence-corrected chi connectivity index (χ1v) is 16.0. The van der Waals surface area contributed by atoms with E-state index >= 15 is 0 Å². The van der Waals surface area contributed by atoms with Gasteiger partial charge in [-0.1, -0.05) is 91.2 Å². The van der Waals surface area contributed by atoms with Gasteiger partial charge in [0.2, 0.25) is 11.1 Å².